The van der Waals surface area contributed by atoms with Gasteiger partial charge in [-0.25, -0.2) is 16.8 Å². The van der Waals surface area contributed by atoms with Crippen LogP contribution in [-0.2, 0) is 30.4 Å². The summed E-state index contributed by atoms with van der Waals surface area (Å²) in [4.78, 5) is 9.77. The smallest absolute Gasteiger partial charge is 0.871 e. The number of rotatable bonds is 9. The molecule has 4 aromatic carbocycles. The number of hydrogen-bond acceptors (Lipinski definition) is 16. The van der Waals surface area contributed by atoms with Crippen molar-refractivity contribution in [2.75, 3.05) is 10.6 Å². The Bertz CT molecular complexity index is 2460. The summed E-state index contributed by atoms with van der Waals surface area (Å²) in [6, 6.07) is 13.4. The molecule has 0 amide bonds. The predicted molar refractivity (Wildman–Crippen MR) is 162 cm³/mol. The van der Waals surface area contributed by atoms with Gasteiger partial charge in [0.25, 0.3) is 10.1 Å². The molecule has 0 aliphatic carbocycles. The first-order chi connectivity index (χ1) is 21.9. The van der Waals surface area contributed by atoms with Crippen LogP contribution in [0.3, 0.4) is 0 Å². The SMILES string of the molecule is Cc1ccc(N=Nc2c(S(=O)(=O)O)cc3ccc(Nc4nc(Cl)nc(Nc5cccc(S(=O)(=O)[O-])c5)n4)cc3c2[O-])c(S(=O)(=O)[O-])c1.[Na+].[Na+].[Na+]. The second kappa shape index (κ2) is 17.3. The van der Waals surface area contributed by atoms with Crippen LogP contribution in [0, 0.1) is 6.92 Å². The summed E-state index contributed by atoms with van der Waals surface area (Å²) in [7, 11) is -14.8. The second-order valence-corrected chi connectivity index (χ2v) is 14.0. The van der Waals surface area contributed by atoms with Crippen molar-refractivity contribution in [1.82, 2.24) is 15.0 Å². The number of azo groups is 1. The normalized spacial score (nSPS) is 11.7. The molecule has 0 atom stereocenters. The average molecular weight is 788 g/mol. The molecule has 17 nitrogen and oxygen atoms in total. The zero-order valence-corrected chi connectivity index (χ0v) is 35.5. The summed E-state index contributed by atoms with van der Waals surface area (Å²) in [5.74, 6) is -1.35. The largest absolute Gasteiger partial charge is 1.00 e. The molecule has 0 unspecified atom stereocenters. The number of halogens is 1. The molecule has 244 valence electrons. The fraction of sp³-hybridized carbons (Fsp3) is 0.0385. The van der Waals surface area contributed by atoms with Crippen molar-refractivity contribution in [3.8, 4) is 5.75 Å². The van der Waals surface area contributed by atoms with E-state index >= 15 is 0 Å². The van der Waals surface area contributed by atoms with Gasteiger partial charge in [0.1, 0.15) is 30.8 Å². The van der Waals surface area contributed by atoms with E-state index in [1.807, 2.05) is 0 Å². The van der Waals surface area contributed by atoms with Gasteiger partial charge >= 0.3 is 88.7 Å². The van der Waals surface area contributed by atoms with Crippen LogP contribution < -0.4 is 104 Å². The summed E-state index contributed by atoms with van der Waals surface area (Å²) in [5.41, 5.74) is -0.636. The third kappa shape index (κ3) is 10.9. The third-order valence-electron chi connectivity index (χ3n) is 6.20. The van der Waals surface area contributed by atoms with E-state index in [0.717, 1.165) is 30.3 Å². The fourth-order valence-corrected chi connectivity index (χ4v) is 6.18. The van der Waals surface area contributed by atoms with Crippen molar-refractivity contribution in [2.24, 2.45) is 10.2 Å². The minimum Gasteiger partial charge on any atom is -0.871 e. The number of aryl methyl sites for hydroxylation is 1. The van der Waals surface area contributed by atoms with Gasteiger partial charge in [0, 0.05) is 11.4 Å². The van der Waals surface area contributed by atoms with Crippen LogP contribution in [0.5, 0.6) is 5.75 Å². The van der Waals surface area contributed by atoms with Crippen molar-refractivity contribution in [2.45, 2.75) is 21.6 Å². The van der Waals surface area contributed by atoms with Crippen molar-refractivity contribution in [3.63, 3.8) is 0 Å². The van der Waals surface area contributed by atoms with E-state index < -0.39 is 62.2 Å². The number of nitrogens with zero attached hydrogens (tertiary/aromatic N) is 5. The van der Waals surface area contributed by atoms with Crippen molar-refractivity contribution >= 4 is 87.4 Å². The standard InChI is InChI=1S/C26H20ClN7O10S3.3Na/c1-13-5-8-19(20(9-13)46(39,40)41)33-34-22-21(47(42,43)44)10-14-6-7-16(12-18(14)23(22)35)29-26-31-24(27)30-25(32-26)28-15-3-2-4-17(11-15)45(36,37)38;;;/h2-12,35H,1H3,(H,36,37,38)(H,39,40,41)(H,42,43,44)(H2,28,29,30,31,32);;;/q;3*+1/p-3. The first kappa shape index (κ1) is 44.3. The molecule has 5 aromatic rings. The topological polar surface area (TPSA) is 279 Å². The molecule has 0 bridgehead atoms. The molecule has 5 rings (SSSR count). The molecular formula is C26H17ClN7Na3O10S3. The van der Waals surface area contributed by atoms with Gasteiger partial charge in [0.2, 0.25) is 17.2 Å². The van der Waals surface area contributed by atoms with Crippen LogP contribution in [0.4, 0.5) is 34.6 Å². The maximum atomic E-state index is 13.5. The van der Waals surface area contributed by atoms with Gasteiger partial charge in [0.05, 0.1) is 15.5 Å². The minimum absolute atomic E-state index is 0. The predicted octanol–water partition coefficient (Wildman–Crippen LogP) is -4.97. The van der Waals surface area contributed by atoms with Gasteiger partial charge in [-0.1, -0.05) is 23.9 Å². The number of hydrogen-bond donors (Lipinski definition) is 3. The van der Waals surface area contributed by atoms with Crippen LogP contribution in [0.1, 0.15) is 5.56 Å². The minimum atomic E-state index is -5.05. The van der Waals surface area contributed by atoms with E-state index in [9.17, 15) is 44.0 Å². The summed E-state index contributed by atoms with van der Waals surface area (Å²) >= 11 is 6.02. The Kier molecular flexibility index (Phi) is 15.4. The molecule has 1 heterocycles. The Labute approximate surface area is 356 Å². The number of anilines is 4. The molecule has 1 aromatic heterocycles. The molecule has 0 fully saturated rings. The summed E-state index contributed by atoms with van der Waals surface area (Å²) in [6.45, 7) is 1.52. The van der Waals surface area contributed by atoms with Crippen LogP contribution in [-0.4, -0.2) is 53.9 Å². The molecular weight excluding hydrogens is 771 g/mol. The molecule has 0 aliphatic heterocycles. The van der Waals surface area contributed by atoms with Crippen LogP contribution in [0.25, 0.3) is 10.8 Å². The molecule has 0 saturated carbocycles. The second-order valence-electron chi connectivity index (χ2n) is 9.57. The molecule has 0 radical (unpaired) electrons. The van der Waals surface area contributed by atoms with E-state index in [-0.39, 0.29) is 128 Å². The number of fused-ring (bicyclic) bond motifs is 1. The molecule has 0 aliphatic rings. The molecule has 0 saturated heterocycles. The van der Waals surface area contributed by atoms with Crippen molar-refractivity contribution in [1.29, 1.82) is 0 Å². The molecule has 3 N–H and O–H groups in total. The van der Waals surface area contributed by atoms with E-state index in [2.05, 4.69) is 35.8 Å². The maximum Gasteiger partial charge on any atom is 1.00 e. The Morgan fingerprint density at radius 3 is 1.94 bits per heavy atom. The van der Waals surface area contributed by atoms with Crippen LogP contribution >= 0.6 is 11.6 Å². The number of nitrogens with one attached hydrogen (secondary N) is 2. The van der Waals surface area contributed by atoms with Crippen LogP contribution in [0.2, 0.25) is 5.28 Å². The zero-order chi connectivity index (χ0) is 34.3. The van der Waals surface area contributed by atoms with E-state index in [0.29, 0.717) is 5.56 Å². The van der Waals surface area contributed by atoms with Gasteiger partial charge in [0.15, 0.2) is 0 Å². The fourth-order valence-electron chi connectivity index (χ4n) is 4.15. The average Bonchev–Trinajstić information content (AvgIpc) is 2.96. The maximum absolute atomic E-state index is 13.5. The van der Waals surface area contributed by atoms with Gasteiger partial charge < -0.3 is 24.8 Å². The monoisotopic (exact) mass is 787 g/mol. The number of benzene rings is 4. The summed E-state index contributed by atoms with van der Waals surface area (Å²) in [6.07, 6.45) is 0. The molecule has 0 spiro atoms. The summed E-state index contributed by atoms with van der Waals surface area (Å²) < 4.78 is 103. The Morgan fingerprint density at radius 2 is 1.36 bits per heavy atom. The third-order valence-corrected chi connectivity index (χ3v) is 8.93. The van der Waals surface area contributed by atoms with E-state index in [1.165, 1.54) is 43.3 Å². The molecule has 50 heavy (non-hydrogen) atoms. The molecule has 24 heteroatoms. The zero-order valence-electron chi connectivity index (χ0n) is 26.3. The quantitative estimate of drug-likeness (QED) is 0.0717. The van der Waals surface area contributed by atoms with E-state index in [1.54, 1.807) is 0 Å². The Hall–Kier alpha value is -1.83. The summed E-state index contributed by atoms with van der Waals surface area (Å²) in [5, 5.41) is 25.9. The Morgan fingerprint density at radius 1 is 0.740 bits per heavy atom. The van der Waals surface area contributed by atoms with Gasteiger partial charge in [-0.2, -0.15) is 23.4 Å². The first-order valence-electron chi connectivity index (χ1n) is 12.6. The Balaban J connectivity index is 0.00000289. The van der Waals surface area contributed by atoms with Crippen LogP contribution in [0.15, 0.2) is 91.6 Å². The van der Waals surface area contributed by atoms with Crippen molar-refractivity contribution in [3.05, 3.63) is 77.6 Å². The number of aromatic nitrogens is 3. The van der Waals surface area contributed by atoms with Crippen molar-refractivity contribution < 1.29 is 133 Å². The van der Waals surface area contributed by atoms with Gasteiger partial charge in [-0.3, -0.25) is 4.55 Å². The van der Waals surface area contributed by atoms with Gasteiger partial charge in [-0.15, -0.1) is 10.2 Å². The van der Waals surface area contributed by atoms with Gasteiger partial charge in [-0.05, 0) is 83.4 Å². The van der Waals surface area contributed by atoms with E-state index in [4.69, 9.17) is 11.6 Å². The first-order valence-corrected chi connectivity index (χ1v) is 17.3.